The van der Waals surface area contributed by atoms with Crippen LogP contribution in [0.2, 0.25) is 0 Å². The van der Waals surface area contributed by atoms with E-state index in [2.05, 4.69) is 39.0 Å². The Kier molecular flexibility index (Phi) is 3.96. The molecule has 4 nitrogen and oxygen atoms in total. The van der Waals surface area contributed by atoms with E-state index < -0.39 is 0 Å². The Morgan fingerprint density at radius 2 is 2.27 bits per heavy atom. The number of carbonyl (C=O) groups excluding carboxylic acids is 1. The third-order valence-electron chi connectivity index (χ3n) is 5.57. The quantitative estimate of drug-likeness (QED) is 0.898. The van der Waals surface area contributed by atoms with Crippen LogP contribution in [0, 0.1) is 11.8 Å². The van der Waals surface area contributed by atoms with E-state index in [1.807, 2.05) is 0 Å². The van der Waals surface area contributed by atoms with Gasteiger partial charge in [0.15, 0.2) is 0 Å². The molecule has 0 spiro atoms. The molecule has 0 unspecified atom stereocenters. The number of nitrogens with one attached hydrogen (secondary N) is 1. The molecule has 3 heterocycles. The van der Waals surface area contributed by atoms with Crippen LogP contribution in [-0.4, -0.2) is 54.5 Å². The first-order chi connectivity index (χ1) is 10.7. The van der Waals surface area contributed by atoms with Crippen LogP contribution in [0.15, 0.2) is 16.8 Å². The predicted octanol–water partition coefficient (Wildman–Crippen LogP) is 1.78. The average Bonchev–Trinajstić information content (AvgIpc) is 2.90. The summed E-state index contributed by atoms with van der Waals surface area (Å²) < 4.78 is 0. The molecule has 1 aromatic heterocycles. The van der Waals surface area contributed by atoms with Gasteiger partial charge in [0, 0.05) is 32.2 Å². The van der Waals surface area contributed by atoms with Gasteiger partial charge < -0.3 is 5.32 Å². The second-order valence-corrected chi connectivity index (χ2v) is 8.04. The summed E-state index contributed by atoms with van der Waals surface area (Å²) in [5.41, 5.74) is 1.42. The van der Waals surface area contributed by atoms with Gasteiger partial charge in [-0.3, -0.25) is 14.6 Å². The van der Waals surface area contributed by atoms with Gasteiger partial charge in [0.05, 0.1) is 6.04 Å². The van der Waals surface area contributed by atoms with Crippen LogP contribution in [-0.2, 0) is 11.3 Å². The second-order valence-electron chi connectivity index (χ2n) is 7.26. The summed E-state index contributed by atoms with van der Waals surface area (Å²) in [4.78, 5) is 17.3. The molecular weight excluding hydrogens is 294 g/mol. The molecule has 1 N–H and O–H groups in total. The van der Waals surface area contributed by atoms with Crippen molar-refractivity contribution in [3.8, 4) is 0 Å². The highest BCUT2D eigenvalue weighted by molar-refractivity contribution is 7.07. The van der Waals surface area contributed by atoms with Crippen molar-refractivity contribution in [2.75, 3.05) is 26.7 Å². The maximum absolute atomic E-state index is 12.4. The predicted molar refractivity (Wildman–Crippen MR) is 88.8 cm³/mol. The number of thiophene rings is 1. The van der Waals surface area contributed by atoms with Crippen LogP contribution in [0.1, 0.15) is 24.8 Å². The lowest BCUT2D eigenvalue weighted by Crippen LogP contribution is -2.46. The van der Waals surface area contributed by atoms with Crippen LogP contribution in [0.25, 0.3) is 0 Å². The third kappa shape index (κ3) is 2.94. The monoisotopic (exact) mass is 319 g/mol. The van der Waals surface area contributed by atoms with Gasteiger partial charge in [-0.1, -0.05) is 0 Å². The molecule has 5 heteroatoms. The normalized spacial score (nSPS) is 32.3. The molecule has 120 valence electrons. The number of rotatable bonds is 5. The van der Waals surface area contributed by atoms with E-state index in [1.165, 1.54) is 18.4 Å². The number of hydrogen-bond acceptors (Lipinski definition) is 4. The Labute approximate surface area is 136 Å². The van der Waals surface area contributed by atoms with Crippen molar-refractivity contribution < 1.29 is 4.79 Å². The zero-order valence-corrected chi connectivity index (χ0v) is 14.0. The van der Waals surface area contributed by atoms with Crippen molar-refractivity contribution in [2.24, 2.45) is 11.8 Å². The Morgan fingerprint density at radius 1 is 1.41 bits per heavy atom. The van der Waals surface area contributed by atoms with Crippen molar-refractivity contribution in [2.45, 2.75) is 37.9 Å². The van der Waals surface area contributed by atoms with Gasteiger partial charge in [-0.2, -0.15) is 11.3 Å². The number of hydrogen-bond donors (Lipinski definition) is 1. The Hall–Kier alpha value is -0.910. The van der Waals surface area contributed by atoms with Crippen molar-refractivity contribution in [3.05, 3.63) is 22.4 Å². The summed E-state index contributed by atoms with van der Waals surface area (Å²) in [6, 6.07) is 2.86. The maximum Gasteiger partial charge on any atom is 0.237 e. The zero-order valence-electron chi connectivity index (χ0n) is 13.2. The van der Waals surface area contributed by atoms with E-state index in [0.717, 1.165) is 38.5 Å². The first kappa shape index (κ1) is 14.7. The number of carbonyl (C=O) groups is 1. The molecule has 4 rings (SSSR count). The molecule has 0 bridgehead atoms. The fourth-order valence-electron chi connectivity index (χ4n) is 4.07. The lowest BCUT2D eigenvalue weighted by Gasteiger charge is -2.26. The van der Waals surface area contributed by atoms with Crippen LogP contribution >= 0.6 is 11.3 Å². The summed E-state index contributed by atoms with van der Waals surface area (Å²) in [5.74, 6) is 1.67. The van der Waals surface area contributed by atoms with Gasteiger partial charge >= 0.3 is 0 Å². The number of likely N-dealkylation sites (tertiary alicyclic amines) is 2. The zero-order chi connectivity index (χ0) is 15.1. The van der Waals surface area contributed by atoms with E-state index in [0.29, 0.717) is 12.0 Å². The third-order valence-corrected chi connectivity index (χ3v) is 6.31. The van der Waals surface area contributed by atoms with Crippen LogP contribution < -0.4 is 5.32 Å². The standard InChI is InChI=1S/C17H25N3OS/c1-19-15(17(21)18-7-12-2-3-12)6-14-9-20(10-16(14)19)8-13-4-5-22-11-13/h4-5,11-12,14-16H,2-3,6-10H2,1H3,(H,18,21)/t14-,15-,16+/m1/s1. The summed E-state index contributed by atoms with van der Waals surface area (Å²) in [5, 5.41) is 7.55. The van der Waals surface area contributed by atoms with Crippen molar-refractivity contribution >= 4 is 17.2 Å². The topological polar surface area (TPSA) is 35.6 Å². The molecule has 2 aliphatic heterocycles. The first-order valence-electron chi connectivity index (χ1n) is 8.44. The largest absolute Gasteiger partial charge is 0.354 e. The summed E-state index contributed by atoms with van der Waals surface area (Å²) >= 11 is 1.77. The van der Waals surface area contributed by atoms with Gasteiger partial charge in [0.25, 0.3) is 0 Å². The molecule has 0 aromatic carbocycles. The molecule has 1 aliphatic carbocycles. The minimum atomic E-state index is 0.0945. The molecule has 3 fully saturated rings. The molecule has 1 amide bonds. The summed E-state index contributed by atoms with van der Waals surface area (Å²) in [7, 11) is 2.14. The fraction of sp³-hybridized carbons (Fsp3) is 0.706. The molecule has 1 saturated carbocycles. The Morgan fingerprint density at radius 3 is 2.95 bits per heavy atom. The molecule has 1 aromatic rings. The van der Waals surface area contributed by atoms with Crippen molar-refractivity contribution in [3.63, 3.8) is 0 Å². The first-order valence-corrected chi connectivity index (χ1v) is 9.38. The highest BCUT2D eigenvalue weighted by Gasteiger charge is 2.47. The number of nitrogens with zero attached hydrogens (tertiary/aromatic N) is 2. The van der Waals surface area contributed by atoms with E-state index in [9.17, 15) is 4.79 Å². The van der Waals surface area contributed by atoms with Crippen LogP contribution in [0.3, 0.4) is 0 Å². The SMILES string of the molecule is CN1[C@@H](C(=O)NCC2CC2)C[C@@H]2CN(Cc3ccsc3)C[C@@H]21. The van der Waals surface area contributed by atoms with Crippen LogP contribution in [0.5, 0.6) is 0 Å². The van der Waals surface area contributed by atoms with Gasteiger partial charge in [-0.05, 0) is 60.5 Å². The van der Waals surface area contributed by atoms with Crippen LogP contribution in [0.4, 0.5) is 0 Å². The van der Waals surface area contributed by atoms with Gasteiger partial charge in [-0.25, -0.2) is 0 Å². The summed E-state index contributed by atoms with van der Waals surface area (Å²) in [6.45, 7) is 4.19. The molecule has 3 aliphatic rings. The highest BCUT2D eigenvalue weighted by Crippen LogP contribution is 2.35. The minimum Gasteiger partial charge on any atom is -0.354 e. The molecular formula is C17H25N3OS. The van der Waals surface area contributed by atoms with Gasteiger partial charge in [0.2, 0.25) is 5.91 Å². The van der Waals surface area contributed by atoms with E-state index in [1.54, 1.807) is 11.3 Å². The molecule has 0 radical (unpaired) electrons. The molecule has 22 heavy (non-hydrogen) atoms. The highest BCUT2D eigenvalue weighted by atomic mass is 32.1. The van der Waals surface area contributed by atoms with E-state index in [4.69, 9.17) is 0 Å². The number of amides is 1. The average molecular weight is 319 g/mol. The summed E-state index contributed by atoms with van der Waals surface area (Å²) in [6.07, 6.45) is 3.62. The fourth-order valence-corrected chi connectivity index (χ4v) is 4.73. The van der Waals surface area contributed by atoms with E-state index in [-0.39, 0.29) is 11.9 Å². The molecule has 3 atom stereocenters. The second kappa shape index (κ2) is 5.95. The van der Waals surface area contributed by atoms with Gasteiger partial charge in [0.1, 0.15) is 0 Å². The van der Waals surface area contributed by atoms with E-state index >= 15 is 0 Å². The minimum absolute atomic E-state index is 0.0945. The van der Waals surface area contributed by atoms with Crippen molar-refractivity contribution in [1.82, 2.24) is 15.1 Å². The maximum atomic E-state index is 12.4. The molecule has 2 saturated heterocycles. The smallest absolute Gasteiger partial charge is 0.237 e. The number of likely N-dealkylation sites (N-methyl/N-ethyl adjacent to an activating group) is 1. The Balaban J connectivity index is 1.31. The van der Waals surface area contributed by atoms with Crippen molar-refractivity contribution in [1.29, 1.82) is 0 Å². The number of fused-ring (bicyclic) bond motifs is 1. The lowest BCUT2D eigenvalue weighted by molar-refractivity contribution is -0.125. The van der Waals surface area contributed by atoms with Gasteiger partial charge in [-0.15, -0.1) is 0 Å². The lowest BCUT2D eigenvalue weighted by atomic mass is 10.0. The Bertz CT molecular complexity index is 528.